The molecule has 0 fully saturated rings. The van der Waals surface area contributed by atoms with Crippen molar-refractivity contribution >= 4 is 28.1 Å². The van der Waals surface area contributed by atoms with Crippen LogP contribution in [0.1, 0.15) is 27.0 Å². The highest BCUT2D eigenvalue weighted by molar-refractivity contribution is 7.89. The van der Waals surface area contributed by atoms with Gasteiger partial charge in [0.1, 0.15) is 5.82 Å². The summed E-state index contributed by atoms with van der Waals surface area (Å²) in [5.41, 5.74) is 3.86. The molecule has 8 nitrogen and oxygen atoms in total. The van der Waals surface area contributed by atoms with E-state index >= 15 is 0 Å². The summed E-state index contributed by atoms with van der Waals surface area (Å²) >= 11 is 0. The summed E-state index contributed by atoms with van der Waals surface area (Å²) in [6.45, 7) is 0.866. The topological polar surface area (TPSA) is 116 Å². The molecule has 10 heteroatoms. The van der Waals surface area contributed by atoms with Crippen LogP contribution in [-0.4, -0.2) is 42.5 Å². The number of nitrogens with zero attached hydrogens (tertiary/aromatic N) is 2. The number of carbonyl (C=O) groups excluding carboxylic acids is 1. The molecule has 2 N–H and O–H groups in total. The average Bonchev–Trinajstić information content (AvgIpc) is 2.80. The highest BCUT2D eigenvalue weighted by atomic mass is 32.2. The normalized spacial score (nSPS) is 11.6. The number of hydrazone groups is 1. The standard InChI is InChI=1S/C24H22FN3O5S/c1-17-6-12-21(13-7-17)34(32,33)28(15-20-4-2-3-5-22(20)25)16-23(29)27-26-14-18-8-10-19(11-9-18)24(30)31/h2-14H,15-16H2,1H3,(H,27,29)(H,30,31). The third-order valence-electron chi connectivity index (χ3n) is 4.84. The van der Waals surface area contributed by atoms with Gasteiger partial charge in [-0.3, -0.25) is 4.79 Å². The minimum Gasteiger partial charge on any atom is -0.478 e. The average molecular weight is 484 g/mol. The third kappa shape index (κ3) is 6.33. The molecule has 3 aromatic carbocycles. The molecule has 1 amide bonds. The largest absolute Gasteiger partial charge is 0.478 e. The fraction of sp³-hybridized carbons (Fsp3) is 0.125. The van der Waals surface area contributed by atoms with Crippen molar-refractivity contribution in [2.24, 2.45) is 5.10 Å². The Balaban J connectivity index is 1.77. The first-order valence-electron chi connectivity index (χ1n) is 10.1. The van der Waals surface area contributed by atoms with E-state index in [9.17, 15) is 22.4 Å². The van der Waals surface area contributed by atoms with Gasteiger partial charge >= 0.3 is 5.97 Å². The smallest absolute Gasteiger partial charge is 0.335 e. The Labute approximate surface area is 196 Å². The summed E-state index contributed by atoms with van der Waals surface area (Å²) in [6, 6.07) is 17.6. The second-order valence-corrected chi connectivity index (χ2v) is 9.34. The summed E-state index contributed by atoms with van der Waals surface area (Å²) in [7, 11) is -4.12. The number of sulfonamides is 1. The first-order chi connectivity index (χ1) is 16.2. The fourth-order valence-electron chi connectivity index (χ4n) is 2.99. The van der Waals surface area contributed by atoms with Gasteiger partial charge in [-0.15, -0.1) is 0 Å². The van der Waals surface area contributed by atoms with Gasteiger partial charge in [0.25, 0.3) is 5.91 Å². The van der Waals surface area contributed by atoms with Gasteiger partial charge in [-0.25, -0.2) is 23.0 Å². The molecular formula is C24H22FN3O5S. The Kier molecular flexibility index (Phi) is 7.87. The molecule has 0 aliphatic carbocycles. The number of hydrogen-bond acceptors (Lipinski definition) is 5. The van der Waals surface area contributed by atoms with Crippen molar-refractivity contribution in [2.75, 3.05) is 6.54 Å². The number of carbonyl (C=O) groups is 2. The number of carboxylic acid groups (broad SMARTS) is 1. The Morgan fingerprint density at radius 3 is 2.29 bits per heavy atom. The van der Waals surface area contributed by atoms with Crippen LogP contribution in [0.15, 0.2) is 82.8 Å². The van der Waals surface area contributed by atoms with E-state index in [2.05, 4.69) is 10.5 Å². The quantitative estimate of drug-likeness (QED) is 0.358. The Bertz CT molecular complexity index is 1310. The lowest BCUT2D eigenvalue weighted by molar-refractivity contribution is -0.121. The number of halogens is 1. The lowest BCUT2D eigenvalue weighted by atomic mass is 10.1. The molecule has 0 spiro atoms. The molecule has 0 unspecified atom stereocenters. The molecule has 176 valence electrons. The molecule has 0 aromatic heterocycles. The molecule has 3 aromatic rings. The molecule has 0 saturated heterocycles. The number of rotatable bonds is 9. The first-order valence-corrected chi connectivity index (χ1v) is 11.6. The van der Waals surface area contributed by atoms with Crippen LogP contribution in [-0.2, 0) is 21.4 Å². The van der Waals surface area contributed by atoms with Crippen molar-refractivity contribution in [3.05, 3.63) is 101 Å². The molecule has 34 heavy (non-hydrogen) atoms. The predicted molar refractivity (Wildman–Crippen MR) is 124 cm³/mol. The summed E-state index contributed by atoms with van der Waals surface area (Å²) < 4.78 is 41.5. The second kappa shape index (κ2) is 10.8. The van der Waals surface area contributed by atoms with Gasteiger partial charge in [0.05, 0.1) is 23.2 Å². The van der Waals surface area contributed by atoms with Crippen LogP contribution >= 0.6 is 0 Å². The van der Waals surface area contributed by atoms with Gasteiger partial charge in [0, 0.05) is 12.1 Å². The number of benzene rings is 3. The van der Waals surface area contributed by atoms with Crippen molar-refractivity contribution in [1.29, 1.82) is 0 Å². The zero-order chi connectivity index (χ0) is 24.7. The maximum atomic E-state index is 14.2. The van der Waals surface area contributed by atoms with Crippen molar-refractivity contribution in [1.82, 2.24) is 9.73 Å². The molecule has 0 radical (unpaired) electrons. The van der Waals surface area contributed by atoms with Gasteiger partial charge in [0.15, 0.2) is 0 Å². The first kappa shape index (κ1) is 24.7. The Morgan fingerprint density at radius 1 is 1.03 bits per heavy atom. The Hall–Kier alpha value is -3.89. The van der Waals surface area contributed by atoms with E-state index in [4.69, 9.17) is 5.11 Å². The van der Waals surface area contributed by atoms with Crippen molar-refractivity contribution in [3.63, 3.8) is 0 Å². The van der Waals surface area contributed by atoms with E-state index in [1.54, 1.807) is 18.2 Å². The van der Waals surface area contributed by atoms with Crippen molar-refractivity contribution in [3.8, 4) is 0 Å². The van der Waals surface area contributed by atoms with Gasteiger partial charge in [0.2, 0.25) is 10.0 Å². The SMILES string of the molecule is Cc1ccc(S(=O)(=O)N(CC(=O)NN=Cc2ccc(C(=O)O)cc2)Cc2ccccc2F)cc1. The predicted octanol–water partition coefficient (Wildman–Crippen LogP) is 3.17. The molecular weight excluding hydrogens is 461 g/mol. The van der Waals surface area contributed by atoms with E-state index in [0.29, 0.717) is 5.56 Å². The number of aromatic carboxylic acids is 1. The molecule has 3 rings (SSSR count). The number of carboxylic acids is 1. The molecule has 0 heterocycles. The monoisotopic (exact) mass is 483 g/mol. The molecule has 0 saturated carbocycles. The van der Waals surface area contributed by atoms with Gasteiger partial charge in [-0.05, 0) is 42.8 Å². The lowest BCUT2D eigenvalue weighted by Gasteiger charge is -2.22. The van der Waals surface area contributed by atoms with E-state index in [0.717, 1.165) is 9.87 Å². The summed E-state index contributed by atoms with van der Waals surface area (Å²) in [4.78, 5) is 23.4. The van der Waals surface area contributed by atoms with Crippen molar-refractivity contribution in [2.45, 2.75) is 18.4 Å². The van der Waals surface area contributed by atoms with Crippen LogP contribution < -0.4 is 5.43 Å². The highest BCUT2D eigenvalue weighted by Crippen LogP contribution is 2.20. The van der Waals surface area contributed by atoms with Gasteiger partial charge < -0.3 is 5.11 Å². The van der Waals surface area contributed by atoms with Crippen molar-refractivity contribution < 1.29 is 27.5 Å². The Morgan fingerprint density at radius 2 is 1.68 bits per heavy atom. The van der Waals surface area contributed by atoms with E-state index < -0.39 is 34.3 Å². The molecule has 0 aliphatic rings. The van der Waals surface area contributed by atoms with Crippen LogP contribution in [0.25, 0.3) is 0 Å². The van der Waals surface area contributed by atoms with Crippen LogP contribution in [0.3, 0.4) is 0 Å². The zero-order valence-electron chi connectivity index (χ0n) is 18.2. The highest BCUT2D eigenvalue weighted by Gasteiger charge is 2.27. The maximum absolute atomic E-state index is 14.2. The molecule has 0 bridgehead atoms. The van der Waals surface area contributed by atoms with Gasteiger partial charge in [-0.1, -0.05) is 48.0 Å². The number of nitrogens with one attached hydrogen (secondary N) is 1. The second-order valence-electron chi connectivity index (χ2n) is 7.40. The number of aryl methyl sites for hydroxylation is 1. The minimum atomic E-state index is -4.12. The zero-order valence-corrected chi connectivity index (χ0v) is 19.0. The summed E-state index contributed by atoms with van der Waals surface area (Å²) in [5, 5.41) is 12.7. The maximum Gasteiger partial charge on any atom is 0.335 e. The van der Waals surface area contributed by atoms with E-state index in [-0.39, 0.29) is 22.6 Å². The van der Waals surface area contributed by atoms with Crippen LogP contribution in [0.5, 0.6) is 0 Å². The molecule has 0 aliphatic heterocycles. The fourth-order valence-corrected chi connectivity index (χ4v) is 4.36. The summed E-state index contributed by atoms with van der Waals surface area (Å²) in [5.74, 6) is -2.39. The van der Waals surface area contributed by atoms with E-state index in [1.807, 2.05) is 6.92 Å². The lowest BCUT2D eigenvalue weighted by Crippen LogP contribution is -2.39. The van der Waals surface area contributed by atoms with Crippen LogP contribution in [0.4, 0.5) is 4.39 Å². The molecule has 0 atom stereocenters. The summed E-state index contributed by atoms with van der Waals surface area (Å²) in [6.07, 6.45) is 1.29. The minimum absolute atomic E-state index is 0.0238. The van der Waals surface area contributed by atoms with Crippen LogP contribution in [0, 0.1) is 12.7 Å². The van der Waals surface area contributed by atoms with E-state index in [1.165, 1.54) is 60.8 Å². The number of hydrogen-bond donors (Lipinski definition) is 2. The van der Waals surface area contributed by atoms with Crippen LogP contribution in [0.2, 0.25) is 0 Å². The third-order valence-corrected chi connectivity index (χ3v) is 6.65. The number of amides is 1. The van der Waals surface area contributed by atoms with Gasteiger partial charge in [-0.2, -0.15) is 9.41 Å².